The molecule has 0 radical (unpaired) electrons. The van der Waals surface area contributed by atoms with E-state index in [2.05, 4.69) is 15.2 Å². The van der Waals surface area contributed by atoms with E-state index in [0.29, 0.717) is 17.8 Å². The molecule has 8 nitrogen and oxygen atoms in total. The number of hydrogen-bond acceptors (Lipinski definition) is 8. The van der Waals surface area contributed by atoms with Crippen LogP contribution in [0.15, 0.2) is 50.9 Å². The Morgan fingerprint density at radius 1 is 1.21 bits per heavy atom. The molecule has 0 fully saturated rings. The smallest absolute Gasteiger partial charge is 0.213 e. The van der Waals surface area contributed by atoms with Crippen molar-refractivity contribution >= 4 is 29.8 Å². The van der Waals surface area contributed by atoms with Crippen LogP contribution in [0, 0.1) is 0 Å². The molecule has 0 atom stereocenters. The van der Waals surface area contributed by atoms with Gasteiger partial charge in [-0.3, -0.25) is 5.10 Å². The first-order chi connectivity index (χ1) is 13.5. The average molecular weight is 397 g/mol. The summed E-state index contributed by atoms with van der Waals surface area (Å²) in [6.07, 6.45) is 2.86. The largest absolute Gasteiger partial charge is 0.545 e. The topological polar surface area (TPSA) is 135 Å². The number of H-pyrrole nitrogens is 1. The molecule has 0 bridgehead atoms. The summed E-state index contributed by atoms with van der Waals surface area (Å²) >= 11 is 0.833. The van der Waals surface area contributed by atoms with Crippen LogP contribution in [0.4, 0.5) is 0 Å². The minimum atomic E-state index is -1.40. The van der Waals surface area contributed by atoms with Gasteiger partial charge in [0.25, 0.3) is 0 Å². The van der Waals surface area contributed by atoms with Crippen LogP contribution in [0.5, 0.6) is 0 Å². The number of carboxylic acid groups (broad SMARTS) is 2. The Hall–Kier alpha value is -3.33. The van der Waals surface area contributed by atoms with Gasteiger partial charge in [-0.15, -0.1) is 5.10 Å². The van der Waals surface area contributed by atoms with Gasteiger partial charge < -0.3 is 24.2 Å². The van der Waals surface area contributed by atoms with Crippen molar-refractivity contribution in [3.8, 4) is 11.3 Å². The molecule has 0 saturated carbocycles. The van der Waals surface area contributed by atoms with Crippen LogP contribution in [0.25, 0.3) is 17.4 Å². The third-order valence-electron chi connectivity index (χ3n) is 3.71. The highest BCUT2D eigenvalue weighted by atomic mass is 32.2. The van der Waals surface area contributed by atoms with Gasteiger partial charge in [0.1, 0.15) is 17.3 Å². The second-order valence-corrected chi connectivity index (χ2v) is 6.76. The van der Waals surface area contributed by atoms with Crippen molar-refractivity contribution in [1.29, 1.82) is 0 Å². The number of carbonyl (C=O) groups is 2. The first kappa shape index (κ1) is 19.4. The van der Waals surface area contributed by atoms with E-state index in [1.807, 2.05) is 6.92 Å². The van der Waals surface area contributed by atoms with Gasteiger partial charge in [-0.2, -0.15) is 0 Å². The van der Waals surface area contributed by atoms with Gasteiger partial charge in [-0.05, 0) is 36.4 Å². The minimum Gasteiger partial charge on any atom is -0.545 e. The van der Waals surface area contributed by atoms with Gasteiger partial charge in [-0.25, -0.2) is 4.98 Å². The molecule has 0 aliphatic heterocycles. The number of carboxylic acids is 2. The lowest BCUT2D eigenvalue weighted by Crippen LogP contribution is -2.23. The number of furan rings is 1. The molecule has 9 heteroatoms. The number of hydrogen-bond donors (Lipinski definition) is 1. The van der Waals surface area contributed by atoms with Crippen LogP contribution in [0.1, 0.15) is 35.3 Å². The normalized spacial score (nSPS) is 11.5. The molecular formula is C19H15N3O5S-2. The van der Waals surface area contributed by atoms with Crippen LogP contribution >= 0.6 is 11.8 Å². The molecule has 0 unspecified atom stereocenters. The lowest BCUT2D eigenvalue weighted by Gasteiger charge is -2.07. The number of aromatic amines is 1. The summed E-state index contributed by atoms with van der Waals surface area (Å²) < 4.78 is 5.60. The van der Waals surface area contributed by atoms with E-state index in [1.54, 1.807) is 24.3 Å². The molecule has 28 heavy (non-hydrogen) atoms. The van der Waals surface area contributed by atoms with Crippen LogP contribution in [0.3, 0.4) is 0 Å². The number of nitrogens with zero attached hydrogens (tertiary/aromatic N) is 2. The Labute approximate surface area is 164 Å². The molecule has 0 spiro atoms. The third-order valence-corrected chi connectivity index (χ3v) is 4.58. The molecule has 3 rings (SSSR count). The summed E-state index contributed by atoms with van der Waals surface area (Å²) in [6.45, 7) is 1.99. The lowest BCUT2D eigenvalue weighted by molar-refractivity contribution is -0.298. The number of nitrogens with one attached hydrogen (secondary N) is 1. The van der Waals surface area contributed by atoms with Crippen LogP contribution in [-0.2, 0) is 11.2 Å². The zero-order valence-corrected chi connectivity index (χ0v) is 15.6. The molecule has 0 saturated heterocycles. The number of aliphatic carboxylic acids is 1. The maximum atomic E-state index is 11.5. The van der Waals surface area contributed by atoms with Crippen molar-refractivity contribution in [2.24, 2.45) is 0 Å². The van der Waals surface area contributed by atoms with Crippen molar-refractivity contribution in [2.75, 3.05) is 0 Å². The lowest BCUT2D eigenvalue weighted by atomic mass is 10.1. The summed E-state index contributed by atoms with van der Waals surface area (Å²) in [5.74, 6) is -1.57. The fraction of sp³-hybridized carbons (Fsp3) is 0.158. The molecule has 2 aromatic heterocycles. The molecule has 0 aliphatic rings. The van der Waals surface area contributed by atoms with Crippen LogP contribution < -0.4 is 10.2 Å². The Morgan fingerprint density at radius 2 is 2.00 bits per heavy atom. The van der Waals surface area contributed by atoms with E-state index in [0.717, 1.165) is 18.2 Å². The van der Waals surface area contributed by atoms with E-state index >= 15 is 0 Å². The highest BCUT2D eigenvalue weighted by molar-refractivity contribution is 8.04. The van der Waals surface area contributed by atoms with Gasteiger partial charge >= 0.3 is 0 Å². The van der Waals surface area contributed by atoms with Gasteiger partial charge in [0.05, 0.1) is 11.9 Å². The quantitative estimate of drug-likeness (QED) is 0.443. The maximum absolute atomic E-state index is 11.5. The molecule has 0 amide bonds. The second-order valence-electron chi connectivity index (χ2n) is 5.75. The van der Waals surface area contributed by atoms with Gasteiger partial charge in [0, 0.05) is 22.5 Å². The number of carbonyl (C=O) groups excluding carboxylic acids is 2. The summed E-state index contributed by atoms with van der Waals surface area (Å²) in [5, 5.41) is 29.7. The van der Waals surface area contributed by atoms with Crippen molar-refractivity contribution in [3.63, 3.8) is 0 Å². The van der Waals surface area contributed by atoms with E-state index in [9.17, 15) is 19.8 Å². The Bertz CT molecular complexity index is 1040. The van der Waals surface area contributed by atoms with E-state index in [4.69, 9.17) is 4.42 Å². The number of aromatic nitrogens is 3. The highest BCUT2D eigenvalue weighted by Gasteiger charge is 2.12. The molecule has 1 aromatic carbocycles. The second kappa shape index (κ2) is 8.57. The summed E-state index contributed by atoms with van der Waals surface area (Å²) in [6, 6.07) is 9.31. The molecule has 144 valence electrons. The number of rotatable bonds is 8. The Kier molecular flexibility index (Phi) is 5.95. The fourth-order valence-corrected chi connectivity index (χ4v) is 3.18. The zero-order chi connectivity index (χ0) is 20.1. The maximum Gasteiger partial charge on any atom is 0.213 e. The Balaban J connectivity index is 1.87. The predicted octanol–water partition coefficient (Wildman–Crippen LogP) is 1.26. The van der Waals surface area contributed by atoms with Gasteiger partial charge in [-0.1, -0.05) is 31.2 Å². The average Bonchev–Trinajstić information content (AvgIpc) is 3.31. The zero-order valence-electron chi connectivity index (χ0n) is 14.8. The molecule has 1 N–H and O–H groups in total. The first-order valence-corrected chi connectivity index (χ1v) is 9.22. The molecule has 2 heterocycles. The molecular weight excluding hydrogens is 382 g/mol. The van der Waals surface area contributed by atoms with E-state index < -0.39 is 11.9 Å². The number of benzene rings is 1. The van der Waals surface area contributed by atoms with Crippen molar-refractivity contribution in [1.82, 2.24) is 15.2 Å². The number of aromatic carboxylic acids is 1. The standard InChI is InChI=1S/C19H17N3O5S/c1-2-5-16-20-19(22-21-16)28-15(18(25)26)10-11-8-9-14(27-11)12-6-3-4-7-13(12)17(23)24/h3-4,6-10H,2,5H2,1H3,(H,23,24)(H,25,26)(H,20,21,22)/p-2/b15-10+. The molecule has 3 aromatic rings. The summed E-state index contributed by atoms with van der Waals surface area (Å²) in [5.41, 5.74) is 0.314. The van der Waals surface area contributed by atoms with E-state index in [1.165, 1.54) is 18.2 Å². The van der Waals surface area contributed by atoms with Crippen molar-refractivity contribution < 1.29 is 24.2 Å². The fourth-order valence-electron chi connectivity index (χ4n) is 2.48. The highest BCUT2D eigenvalue weighted by Crippen LogP contribution is 2.29. The first-order valence-electron chi connectivity index (χ1n) is 8.40. The van der Waals surface area contributed by atoms with Crippen molar-refractivity contribution in [3.05, 3.63) is 58.5 Å². The van der Waals surface area contributed by atoms with E-state index in [-0.39, 0.29) is 27.1 Å². The monoisotopic (exact) mass is 397 g/mol. The van der Waals surface area contributed by atoms with Crippen LogP contribution in [-0.4, -0.2) is 27.1 Å². The summed E-state index contributed by atoms with van der Waals surface area (Å²) in [7, 11) is 0. The minimum absolute atomic E-state index is 0.0222. The molecule has 0 aliphatic carbocycles. The van der Waals surface area contributed by atoms with Crippen LogP contribution in [0.2, 0.25) is 0 Å². The number of thioether (sulfide) groups is 1. The third kappa shape index (κ3) is 4.49. The predicted molar refractivity (Wildman–Crippen MR) is 97.7 cm³/mol. The number of aryl methyl sites for hydroxylation is 1. The summed E-state index contributed by atoms with van der Waals surface area (Å²) in [4.78, 5) is 26.8. The van der Waals surface area contributed by atoms with Crippen molar-refractivity contribution in [2.45, 2.75) is 24.9 Å². The SMILES string of the molecule is CCCc1nc(S/C(=C/c2ccc(-c3ccccc3C(=O)[O-])o2)C(=O)[O-])n[nH]1. The Morgan fingerprint density at radius 3 is 2.71 bits per heavy atom. The van der Waals surface area contributed by atoms with Gasteiger partial charge in [0.2, 0.25) is 5.16 Å². The van der Waals surface area contributed by atoms with Gasteiger partial charge in [0.15, 0.2) is 0 Å².